The first kappa shape index (κ1) is 20.9. The minimum Gasteiger partial charge on any atom is -0.497 e. The summed E-state index contributed by atoms with van der Waals surface area (Å²) in [4.78, 5) is 41.8. The highest BCUT2D eigenvalue weighted by Gasteiger charge is 2.58. The molecule has 1 saturated carbocycles. The van der Waals surface area contributed by atoms with Crippen molar-refractivity contribution in [3.05, 3.63) is 54.1 Å². The van der Waals surface area contributed by atoms with Gasteiger partial charge in [0.05, 0.1) is 12.8 Å². The first-order chi connectivity index (χ1) is 15.5. The molecule has 2 heterocycles. The molecule has 0 aromatic heterocycles. The summed E-state index contributed by atoms with van der Waals surface area (Å²) in [7, 11) is 1.61. The number of benzene rings is 2. The number of rotatable bonds is 7. The van der Waals surface area contributed by atoms with Gasteiger partial charge in [-0.25, -0.2) is 4.79 Å². The molecule has 1 aliphatic carbocycles. The quantitative estimate of drug-likeness (QED) is 0.600. The van der Waals surface area contributed by atoms with Crippen molar-refractivity contribution in [2.45, 2.75) is 48.0 Å². The number of nitrogens with zero attached hydrogens (tertiary/aromatic N) is 2. The minimum absolute atomic E-state index is 0.0927. The molecule has 2 aliphatic heterocycles. The van der Waals surface area contributed by atoms with Gasteiger partial charge in [-0.05, 0) is 42.7 Å². The van der Waals surface area contributed by atoms with E-state index in [1.807, 2.05) is 48.5 Å². The highest BCUT2D eigenvalue weighted by atomic mass is 32.2. The second kappa shape index (κ2) is 8.16. The van der Waals surface area contributed by atoms with Gasteiger partial charge in [0.25, 0.3) is 5.91 Å². The molecule has 5 rings (SSSR count). The molecule has 0 N–H and O–H groups in total. The van der Waals surface area contributed by atoms with Crippen LogP contribution >= 0.6 is 11.8 Å². The van der Waals surface area contributed by atoms with Crippen molar-refractivity contribution in [1.29, 1.82) is 0 Å². The monoisotopic (exact) mass is 452 g/mol. The van der Waals surface area contributed by atoms with E-state index < -0.39 is 10.8 Å². The lowest BCUT2D eigenvalue weighted by atomic mass is 10.2. The van der Waals surface area contributed by atoms with Crippen LogP contribution in [-0.2, 0) is 25.7 Å². The Morgan fingerprint density at radius 1 is 1.16 bits per heavy atom. The number of ether oxygens (including phenoxy) is 2. The molecular formula is C24H24N2O5S. The summed E-state index contributed by atoms with van der Waals surface area (Å²) < 4.78 is 10.7. The van der Waals surface area contributed by atoms with E-state index in [0.29, 0.717) is 13.0 Å². The van der Waals surface area contributed by atoms with Crippen LogP contribution in [0, 0.1) is 0 Å². The van der Waals surface area contributed by atoms with Crippen molar-refractivity contribution in [3.63, 3.8) is 0 Å². The Labute approximate surface area is 190 Å². The second-order valence-corrected chi connectivity index (χ2v) is 9.58. The molecule has 2 fully saturated rings. The lowest BCUT2D eigenvalue weighted by molar-refractivity contribution is -0.154. The Morgan fingerprint density at radius 2 is 1.91 bits per heavy atom. The van der Waals surface area contributed by atoms with Gasteiger partial charge in [0.2, 0.25) is 5.91 Å². The zero-order valence-corrected chi connectivity index (χ0v) is 18.6. The predicted molar refractivity (Wildman–Crippen MR) is 119 cm³/mol. The van der Waals surface area contributed by atoms with E-state index in [9.17, 15) is 14.4 Å². The van der Waals surface area contributed by atoms with Gasteiger partial charge in [0, 0.05) is 30.3 Å². The summed E-state index contributed by atoms with van der Waals surface area (Å²) in [5.74, 6) is -0.0793. The topological polar surface area (TPSA) is 76.1 Å². The maximum atomic E-state index is 13.2. The molecule has 0 bridgehead atoms. The molecule has 8 heteroatoms. The number of methoxy groups -OCH3 is 1. The van der Waals surface area contributed by atoms with E-state index >= 15 is 0 Å². The number of esters is 1. The van der Waals surface area contributed by atoms with Crippen molar-refractivity contribution in [1.82, 2.24) is 4.90 Å². The molecule has 1 unspecified atom stereocenters. The summed E-state index contributed by atoms with van der Waals surface area (Å²) in [5, 5.41) is 0. The third kappa shape index (κ3) is 3.62. The van der Waals surface area contributed by atoms with E-state index in [4.69, 9.17) is 9.47 Å². The number of thioether (sulfide) groups is 1. The fraction of sp³-hybridized carbons (Fsp3) is 0.375. The number of para-hydroxylation sites is 1. The number of hydrogen-bond donors (Lipinski definition) is 0. The van der Waals surface area contributed by atoms with Crippen LogP contribution < -0.4 is 9.64 Å². The van der Waals surface area contributed by atoms with E-state index in [-0.39, 0.29) is 30.9 Å². The van der Waals surface area contributed by atoms with Gasteiger partial charge in [-0.1, -0.05) is 36.0 Å². The minimum atomic E-state index is -1.11. The number of carbonyl (C=O) groups excluding carboxylic acids is 3. The van der Waals surface area contributed by atoms with Gasteiger partial charge in [0.15, 0.2) is 11.5 Å². The first-order valence-corrected chi connectivity index (χ1v) is 11.5. The summed E-state index contributed by atoms with van der Waals surface area (Å²) in [6.45, 7) is 0.132. The Balaban J connectivity index is 1.27. The van der Waals surface area contributed by atoms with Gasteiger partial charge < -0.3 is 14.4 Å². The van der Waals surface area contributed by atoms with Crippen LogP contribution in [-0.4, -0.2) is 47.3 Å². The third-order valence-electron chi connectivity index (χ3n) is 6.14. The molecule has 1 saturated heterocycles. The van der Waals surface area contributed by atoms with Crippen molar-refractivity contribution in [2.24, 2.45) is 0 Å². The zero-order valence-electron chi connectivity index (χ0n) is 17.8. The van der Waals surface area contributed by atoms with Gasteiger partial charge in [0.1, 0.15) is 5.75 Å². The van der Waals surface area contributed by atoms with Crippen molar-refractivity contribution in [3.8, 4) is 5.75 Å². The van der Waals surface area contributed by atoms with E-state index in [1.54, 1.807) is 16.9 Å². The van der Waals surface area contributed by atoms with Crippen LogP contribution in [0.1, 0.15) is 31.2 Å². The molecule has 166 valence electrons. The normalized spacial score (nSPS) is 21.2. The number of anilines is 1. The standard InChI is InChI=1S/C24H24N2O5S/c1-30-18-10-6-16(7-11-18)14-25(17-8-9-17)22(28)15-31-23(29)24-13-12-21(27)26(24)19-4-2-3-5-20(19)32-24/h2-7,10-11,17H,8-9,12-15H2,1H3. The molecule has 2 aromatic rings. The van der Waals surface area contributed by atoms with Crippen molar-refractivity contribution < 1.29 is 23.9 Å². The summed E-state index contributed by atoms with van der Waals surface area (Å²) in [5.41, 5.74) is 1.73. The number of fused-ring (bicyclic) bond motifs is 3. The SMILES string of the molecule is COc1ccc(CN(C(=O)COC(=O)C23CCC(=O)N2c2ccccc2S3)C2CC2)cc1. The van der Waals surface area contributed by atoms with Crippen LogP contribution in [0.3, 0.4) is 0 Å². The van der Waals surface area contributed by atoms with E-state index in [2.05, 4.69) is 0 Å². The maximum absolute atomic E-state index is 13.2. The van der Waals surface area contributed by atoms with E-state index in [1.165, 1.54) is 11.8 Å². The van der Waals surface area contributed by atoms with Crippen molar-refractivity contribution in [2.75, 3.05) is 18.6 Å². The van der Waals surface area contributed by atoms with Gasteiger partial charge in [-0.2, -0.15) is 0 Å². The summed E-state index contributed by atoms with van der Waals surface area (Å²) >= 11 is 1.34. The second-order valence-electron chi connectivity index (χ2n) is 8.26. The van der Waals surface area contributed by atoms with Crippen LogP contribution in [0.2, 0.25) is 0 Å². The molecule has 0 spiro atoms. The number of amides is 2. The average molecular weight is 453 g/mol. The smallest absolute Gasteiger partial charge is 0.344 e. The summed E-state index contributed by atoms with van der Waals surface area (Å²) in [6, 6.07) is 15.2. The largest absolute Gasteiger partial charge is 0.497 e. The lowest BCUT2D eigenvalue weighted by Crippen LogP contribution is -2.48. The van der Waals surface area contributed by atoms with Crippen molar-refractivity contribution >= 4 is 35.2 Å². The Bertz CT molecular complexity index is 1070. The number of hydrogen-bond acceptors (Lipinski definition) is 6. The van der Waals surface area contributed by atoms with Gasteiger partial charge >= 0.3 is 5.97 Å². The molecule has 2 amide bonds. The molecule has 32 heavy (non-hydrogen) atoms. The fourth-order valence-electron chi connectivity index (χ4n) is 4.33. The molecule has 2 aromatic carbocycles. The zero-order chi connectivity index (χ0) is 22.3. The molecule has 3 aliphatic rings. The van der Waals surface area contributed by atoms with Crippen LogP contribution in [0.15, 0.2) is 53.4 Å². The molecule has 7 nitrogen and oxygen atoms in total. The third-order valence-corrected chi connectivity index (χ3v) is 7.60. The molecule has 1 atom stereocenters. The predicted octanol–water partition coefficient (Wildman–Crippen LogP) is 3.36. The van der Waals surface area contributed by atoms with Gasteiger partial charge in [-0.15, -0.1) is 0 Å². The summed E-state index contributed by atoms with van der Waals surface area (Å²) in [6.07, 6.45) is 2.56. The van der Waals surface area contributed by atoms with Gasteiger partial charge in [-0.3, -0.25) is 14.5 Å². The van der Waals surface area contributed by atoms with E-state index in [0.717, 1.165) is 34.7 Å². The fourth-order valence-corrected chi connectivity index (χ4v) is 5.74. The molecule has 0 radical (unpaired) electrons. The average Bonchev–Trinajstić information content (AvgIpc) is 3.52. The Hall–Kier alpha value is -3.00. The molecular weight excluding hydrogens is 428 g/mol. The van der Waals surface area contributed by atoms with Crippen LogP contribution in [0.5, 0.6) is 5.75 Å². The van der Waals surface area contributed by atoms with Crippen LogP contribution in [0.4, 0.5) is 5.69 Å². The van der Waals surface area contributed by atoms with Crippen LogP contribution in [0.25, 0.3) is 0 Å². The number of carbonyl (C=O) groups is 3. The highest BCUT2D eigenvalue weighted by Crippen LogP contribution is 2.56. The highest BCUT2D eigenvalue weighted by molar-refractivity contribution is 8.02. The Morgan fingerprint density at radius 3 is 2.62 bits per heavy atom. The Kier molecular flexibility index (Phi) is 5.33. The first-order valence-electron chi connectivity index (χ1n) is 10.7. The lowest BCUT2D eigenvalue weighted by Gasteiger charge is -2.29. The maximum Gasteiger partial charge on any atom is 0.344 e.